The summed E-state index contributed by atoms with van der Waals surface area (Å²) in [6, 6.07) is 19.5. The quantitative estimate of drug-likeness (QED) is 0.332. The Hall–Kier alpha value is -3.89. The molecule has 3 aliphatic rings. The molecule has 2 N–H and O–H groups in total. The third-order valence-corrected chi connectivity index (χ3v) is 9.15. The molecule has 0 radical (unpaired) electrons. The maximum absolute atomic E-state index is 14.4. The van der Waals surface area contributed by atoms with Crippen molar-refractivity contribution in [1.82, 2.24) is 40.0 Å². The normalized spacial score (nSPS) is 24.5. The number of tetrazole rings is 1. The minimum Gasteiger partial charge on any atom is -0.388 e. The molecule has 10 nitrogen and oxygen atoms in total. The van der Waals surface area contributed by atoms with Crippen LogP contribution >= 0.6 is 0 Å². The van der Waals surface area contributed by atoms with Crippen LogP contribution in [0.1, 0.15) is 61.5 Å². The molecular formula is C32H38N8O2. The summed E-state index contributed by atoms with van der Waals surface area (Å²) >= 11 is 0. The standard InChI is InChI=1S/C32H38N8O2/c41-31(38-18-17-33-20-26(38)21-40-36-30(35-37-40)25-11-5-2-6-12-25)28-29(24-9-3-1-4-10-24)39(22-34-28)27-13-7-8-16-32(27,42)19-23-14-15-23/h1-6,9-12,22-23,26-27,33,42H,7-8,13-21H2/t26-,27+,32+/m0/s1. The number of carbonyl (C=O) groups excluding carboxylic acids is 1. The van der Waals surface area contributed by atoms with Gasteiger partial charge in [0.1, 0.15) is 0 Å². The molecule has 2 saturated carbocycles. The third-order valence-electron chi connectivity index (χ3n) is 9.15. The van der Waals surface area contributed by atoms with Crippen LogP contribution in [0.2, 0.25) is 0 Å². The van der Waals surface area contributed by atoms with Gasteiger partial charge in [-0.3, -0.25) is 4.79 Å². The van der Waals surface area contributed by atoms with E-state index < -0.39 is 5.60 Å². The van der Waals surface area contributed by atoms with Crippen LogP contribution in [0.5, 0.6) is 0 Å². The Morgan fingerprint density at radius 1 is 1.00 bits per heavy atom. The largest absolute Gasteiger partial charge is 0.388 e. The minimum atomic E-state index is -0.781. The predicted molar refractivity (Wildman–Crippen MR) is 158 cm³/mol. The first kappa shape index (κ1) is 27.0. The number of aliphatic hydroxyl groups is 1. The van der Waals surface area contributed by atoms with Crippen molar-refractivity contribution in [3.63, 3.8) is 0 Å². The fourth-order valence-electron chi connectivity index (χ4n) is 6.84. The number of nitrogens with one attached hydrogen (secondary N) is 1. The molecule has 218 valence electrons. The van der Waals surface area contributed by atoms with E-state index >= 15 is 0 Å². The van der Waals surface area contributed by atoms with E-state index in [-0.39, 0.29) is 18.0 Å². The Bertz CT molecular complexity index is 1520. The van der Waals surface area contributed by atoms with Gasteiger partial charge in [0.25, 0.3) is 5.91 Å². The SMILES string of the molecule is O=C(c1ncn([C@@H]2CCCC[C@@]2(O)CC2CC2)c1-c1ccccc1)N1CCNC[C@H]1Cn1nnc(-c2ccccc2)n1. The van der Waals surface area contributed by atoms with E-state index in [1.807, 2.05) is 65.6 Å². The van der Waals surface area contributed by atoms with Crippen molar-refractivity contribution in [2.45, 2.75) is 69.2 Å². The molecule has 3 heterocycles. The van der Waals surface area contributed by atoms with Crippen molar-refractivity contribution in [2.75, 3.05) is 19.6 Å². The van der Waals surface area contributed by atoms with Crippen LogP contribution in [0, 0.1) is 5.92 Å². The molecule has 3 fully saturated rings. The van der Waals surface area contributed by atoms with Crippen LogP contribution < -0.4 is 5.32 Å². The molecule has 3 atom stereocenters. The average molecular weight is 567 g/mol. The first-order chi connectivity index (χ1) is 20.6. The Kier molecular flexibility index (Phi) is 7.33. The summed E-state index contributed by atoms with van der Waals surface area (Å²) in [7, 11) is 0. The zero-order valence-electron chi connectivity index (χ0n) is 23.8. The lowest BCUT2D eigenvalue weighted by Crippen LogP contribution is -2.55. The van der Waals surface area contributed by atoms with Crippen LogP contribution in [-0.2, 0) is 6.54 Å². The van der Waals surface area contributed by atoms with Crippen LogP contribution in [0.4, 0.5) is 0 Å². The molecular weight excluding hydrogens is 528 g/mol. The molecule has 0 bridgehead atoms. The molecule has 1 amide bonds. The van der Waals surface area contributed by atoms with Crippen LogP contribution in [-0.4, -0.2) is 76.9 Å². The lowest BCUT2D eigenvalue weighted by Gasteiger charge is -2.42. The fraction of sp³-hybridized carbons (Fsp3) is 0.469. The van der Waals surface area contributed by atoms with E-state index in [2.05, 4.69) is 25.3 Å². The lowest BCUT2D eigenvalue weighted by molar-refractivity contribution is -0.0518. The molecule has 1 saturated heterocycles. The van der Waals surface area contributed by atoms with Gasteiger partial charge in [-0.25, -0.2) is 4.98 Å². The zero-order chi connectivity index (χ0) is 28.5. The number of amides is 1. The number of aromatic nitrogens is 6. The number of hydrogen-bond donors (Lipinski definition) is 2. The number of carbonyl (C=O) groups is 1. The second kappa shape index (κ2) is 11.4. The van der Waals surface area contributed by atoms with Gasteiger partial charge < -0.3 is 19.9 Å². The molecule has 7 rings (SSSR count). The molecule has 10 heteroatoms. The number of nitrogens with zero attached hydrogens (tertiary/aromatic N) is 7. The lowest BCUT2D eigenvalue weighted by atomic mass is 9.76. The van der Waals surface area contributed by atoms with E-state index in [1.165, 1.54) is 12.8 Å². The summed E-state index contributed by atoms with van der Waals surface area (Å²) in [5.41, 5.74) is 2.29. The van der Waals surface area contributed by atoms with Gasteiger partial charge in [-0.05, 0) is 30.4 Å². The zero-order valence-corrected chi connectivity index (χ0v) is 23.8. The van der Waals surface area contributed by atoms with Crippen molar-refractivity contribution in [1.29, 1.82) is 0 Å². The maximum Gasteiger partial charge on any atom is 0.275 e. The molecule has 1 aliphatic heterocycles. The summed E-state index contributed by atoms with van der Waals surface area (Å²) in [5.74, 6) is 1.06. The third kappa shape index (κ3) is 5.36. The van der Waals surface area contributed by atoms with Gasteiger partial charge in [-0.2, -0.15) is 4.80 Å². The minimum absolute atomic E-state index is 0.106. The Balaban J connectivity index is 1.20. The Labute approximate surface area is 245 Å². The highest BCUT2D eigenvalue weighted by atomic mass is 16.3. The molecule has 2 aromatic heterocycles. The second-order valence-corrected chi connectivity index (χ2v) is 12.1. The van der Waals surface area contributed by atoms with Gasteiger partial charge in [0.2, 0.25) is 5.82 Å². The summed E-state index contributed by atoms with van der Waals surface area (Å²) in [6.07, 6.45) is 8.78. The van der Waals surface area contributed by atoms with Gasteiger partial charge in [-0.15, -0.1) is 10.2 Å². The number of imidazole rings is 1. The van der Waals surface area contributed by atoms with Gasteiger partial charge in [0.15, 0.2) is 5.69 Å². The first-order valence-corrected chi connectivity index (χ1v) is 15.3. The molecule has 2 aliphatic carbocycles. The predicted octanol–water partition coefficient (Wildman–Crippen LogP) is 3.96. The van der Waals surface area contributed by atoms with Crippen LogP contribution in [0.25, 0.3) is 22.6 Å². The van der Waals surface area contributed by atoms with Crippen molar-refractivity contribution in [2.24, 2.45) is 5.92 Å². The first-order valence-electron chi connectivity index (χ1n) is 15.3. The maximum atomic E-state index is 14.4. The van der Waals surface area contributed by atoms with Crippen molar-refractivity contribution in [3.8, 4) is 22.6 Å². The Morgan fingerprint density at radius 2 is 1.76 bits per heavy atom. The van der Waals surface area contributed by atoms with Gasteiger partial charge in [-0.1, -0.05) is 86.3 Å². The molecule has 0 spiro atoms. The van der Waals surface area contributed by atoms with E-state index in [1.54, 1.807) is 11.1 Å². The number of piperazine rings is 1. The van der Waals surface area contributed by atoms with E-state index in [4.69, 9.17) is 4.98 Å². The molecule has 2 aromatic carbocycles. The van der Waals surface area contributed by atoms with Crippen molar-refractivity contribution in [3.05, 3.63) is 72.7 Å². The van der Waals surface area contributed by atoms with E-state index in [0.29, 0.717) is 43.6 Å². The molecule has 0 unspecified atom stereocenters. The van der Waals surface area contributed by atoms with Crippen LogP contribution in [0.15, 0.2) is 67.0 Å². The highest BCUT2D eigenvalue weighted by Gasteiger charge is 2.45. The Morgan fingerprint density at radius 3 is 2.52 bits per heavy atom. The number of benzene rings is 2. The smallest absolute Gasteiger partial charge is 0.275 e. The summed E-state index contributed by atoms with van der Waals surface area (Å²) < 4.78 is 2.12. The van der Waals surface area contributed by atoms with Gasteiger partial charge in [0, 0.05) is 30.8 Å². The fourth-order valence-corrected chi connectivity index (χ4v) is 6.84. The summed E-state index contributed by atoms with van der Waals surface area (Å²) in [6.45, 7) is 2.30. The highest BCUT2D eigenvalue weighted by Crippen LogP contribution is 2.48. The molecule has 4 aromatic rings. The van der Waals surface area contributed by atoms with Crippen LogP contribution in [0.3, 0.4) is 0 Å². The molecule has 42 heavy (non-hydrogen) atoms. The number of rotatable bonds is 8. The number of hydrogen-bond acceptors (Lipinski definition) is 7. The van der Waals surface area contributed by atoms with E-state index in [9.17, 15) is 9.90 Å². The summed E-state index contributed by atoms with van der Waals surface area (Å²) in [4.78, 5) is 22.6. The van der Waals surface area contributed by atoms with Gasteiger partial charge >= 0.3 is 0 Å². The van der Waals surface area contributed by atoms with Gasteiger partial charge in [0.05, 0.1) is 36.3 Å². The van der Waals surface area contributed by atoms with Crippen molar-refractivity contribution < 1.29 is 9.90 Å². The van der Waals surface area contributed by atoms with Crippen molar-refractivity contribution >= 4 is 5.91 Å². The summed E-state index contributed by atoms with van der Waals surface area (Å²) in [5, 5.41) is 28.5. The average Bonchev–Trinajstić information content (AvgIpc) is 3.52. The van der Waals surface area contributed by atoms with E-state index in [0.717, 1.165) is 48.9 Å². The second-order valence-electron chi connectivity index (χ2n) is 12.1. The topological polar surface area (TPSA) is 114 Å². The highest BCUT2D eigenvalue weighted by molar-refractivity contribution is 5.98. The monoisotopic (exact) mass is 566 g/mol.